The van der Waals surface area contributed by atoms with Crippen molar-refractivity contribution in [3.63, 3.8) is 0 Å². The number of fused-ring (bicyclic) bond motifs is 1. The van der Waals surface area contributed by atoms with Gasteiger partial charge < -0.3 is 15.7 Å². The van der Waals surface area contributed by atoms with Crippen molar-refractivity contribution < 1.29 is 14.7 Å². The number of amides is 2. The fourth-order valence-electron chi connectivity index (χ4n) is 4.50. The normalized spacial score (nSPS) is 18.3. The first-order valence-corrected chi connectivity index (χ1v) is 10.5. The van der Waals surface area contributed by atoms with Gasteiger partial charge in [0.05, 0.1) is 6.04 Å². The highest BCUT2D eigenvalue weighted by atomic mass is 16.4. The van der Waals surface area contributed by atoms with Gasteiger partial charge in [-0.1, -0.05) is 30.3 Å². The monoisotopic (exact) mass is 409 g/mol. The lowest BCUT2D eigenvalue weighted by Gasteiger charge is -2.43. The number of carbonyl (C=O) groups is 2. The van der Waals surface area contributed by atoms with Gasteiger partial charge in [0, 0.05) is 24.7 Å². The third-order valence-corrected chi connectivity index (χ3v) is 5.82. The molecular formula is C24H31N3O3. The Hall–Kier alpha value is -2.86. The van der Waals surface area contributed by atoms with Crippen molar-refractivity contribution in [1.82, 2.24) is 4.90 Å². The molecule has 2 atom stereocenters. The van der Waals surface area contributed by atoms with E-state index in [0.717, 1.165) is 28.8 Å². The zero-order chi connectivity index (χ0) is 22.0. The lowest BCUT2D eigenvalue weighted by Crippen LogP contribution is -2.48. The average Bonchev–Trinajstić information content (AvgIpc) is 2.67. The average molecular weight is 410 g/mol. The van der Waals surface area contributed by atoms with Crippen LogP contribution in [0.1, 0.15) is 51.3 Å². The van der Waals surface area contributed by atoms with Crippen LogP contribution in [0.4, 0.5) is 10.5 Å². The first kappa shape index (κ1) is 21.8. The molecule has 1 aliphatic rings. The molecule has 1 heterocycles. The van der Waals surface area contributed by atoms with Crippen LogP contribution in [0.25, 0.3) is 11.1 Å². The highest BCUT2D eigenvalue weighted by Crippen LogP contribution is 2.43. The van der Waals surface area contributed by atoms with E-state index in [0.29, 0.717) is 13.0 Å². The summed E-state index contributed by atoms with van der Waals surface area (Å²) in [6, 6.07) is 13.7. The molecule has 0 bridgehead atoms. The van der Waals surface area contributed by atoms with Crippen molar-refractivity contribution in [2.45, 2.75) is 58.7 Å². The number of nitrogens with zero attached hydrogens (tertiary/aromatic N) is 2. The minimum atomic E-state index is -0.944. The summed E-state index contributed by atoms with van der Waals surface area (Å²) in [5.74, 6) is -0.0347. The van der Waals surface area contributed by atoms with Gasteiger partial charge in [0.15, 0.2) is 0 Å². The summed E-state index contributed by atoms with van der Waals surface area (Å²) in [4.78, 5) is 27.7. The SMILES string of the molecule is CC(=O)N1c2ccc(-c3ccc(CCN)cc3)cc2[C@H](N(C(=O)O)C(C)C)C[C@@H]1C. The maximum atomic E-state index is 12.4. The molecule has 0 spiro atoms. The van der Waals surface area contributed by atoms with Gasteiger partial charge >= 0.3 is 6.09 Å². The Morgan fingerprint density at radius 1 is 1.17 bits per heavy atom. The molecule has 1 aliphatic heterocycles. The van der Waals surface area contributed by atoms with Gasteiger partial charge in [0.1, 0.15) is 0 Å². The van der Waals surface area contributed by atoms with E-state index < -0.39 is 6.09 Å². The molecule has 6 nitrogen and oxygen atoms in total. The smallest absolute Gasteiger partial charge is 0.408 e. The minimum Gasteiger partial charge on any atom is -0.465 e. The molecule has 2 amide bonds. The van der Waals surface area contributed by atoms with Gasteiger partial charge in [-0.25, -0.2) is 4.79 Å². The van der Waals surface area contributed by atoms with Gasteiger partial charge in [-0.15, -0.1) is 0 Å². The second-order valence-corrected chi connectivity index (χ2v) is 8.28. The zero-order valence-electron chi connectivity index (χ0n) is 18.1. The van der Waals surface area contributed by atoms with Crippen LogP contribution in [-0.4, -0.2) is 40.6 Å². The van der Waals surface area contributed by atoms with Crippen molar-refractivity contribution in [3.05, 3.63) is 53.6 Å². The molecule has 160 valence electrons. The number of benzene rings is 2. The topological polar surface area (TPSA) is 86.9 Å². The van der Waals surface area contributed by atoms with Crippen molar-refractivity contribution in [3.8, 4) is 11.1 Å². The van der Waals surface area contributed by atoms with Crippen LogP contribution >= 0.6 is 0 Å². The molecule has 0 radical (unpaired) electrons. The summed E-state index contributed by atoms with van der Waals surface area (Å²) in [6.45, 7) is 7.91. The molecule has 0 fully saturated rings. The van der Waals surface area contributed by atoms with Crippen LogP contribution in [0.15, 0.2) is 42.5 Å². The number of hydrogen-bond acceptors (Lipinski definition) is 3. The first-order valence-electron chi connectivity index (χ1n) is 10.5. The second-order valence-electron chi connectivity index (χ2n) is 8.28. The molecule has 2 aromatic rings. The van der Waals surface area contributed by atoms with E-state index in [9.17, 15) is 14.7 Å². The first-order chi connectivity index (χ1) is 14.2. The van der Waals surface area contributed by atoms with Crippen LogP contribution in [0.2, 0.25) is 0 Å². The zero-order valence-corrected chi connectivity index (χ0v) is 18.1. The minimum absolute atomic E-state index is 0.0347. The van der Waals surface area contributed by atoms with Gasteiger partial charge in [-0.3, -0.25) is 9.69 Å². The Bertz CT molecular complexity index is 924. The Morgan fingerprint density at radius 3 is 2.33 bits per heavy atom. The number of rotatable bonds is 5. The van der Waals surface area contributed by atoms with E-state index in [1.54, 1.807) is 11.8 Å². The standard InChI is InChI=1S/C24H31N3O3/c1-15(2)26(24(29)30)23-13-16(3)27(17(4)28)22-10-9-20(14-21(22)23)19-7-5-18(6-8-19)11-12-25/h5-10,14-16,23H,11-13,25H2,1-4H3,(H,29,30)/t16-,23+/m0/s1. The Kier molecular flexibility index (Phi) is 6.46. The Morgan fingerprint density at radius 2 is 1.80 bits per heavy atom. The molecule has 6 heteroatoms. The Balaban J connectivity index is 2.11. The van der Waals surface area contributed by atoms with Crippen molar-refractivity contribution in [2.75, 3.05) is 11.4 Å². The highest BCUT2D eigenvalue weighted by Gasteiger charge is 2.38. The number of anilines is 1. The van der Waals surface area contributed by atoms with Gasteiger partial charge in [-0.05, 0) is 74.5 Å². The lowest BCUT2D eigenvalue weighted by atomic mass is 9.87. The van der Waals surface area contributed by atoms with E-state index in [1.807, 2.05) is 39.0 Å². The maximum absolute atomic E-state index is 12.4. The molecule has 30 heavy (non-hydrogen) atoms. The van der Waals surface area contributed by atoms with Crippen LogP contribution in [0.3, 0.4) is 0 Å². The molecule has 0 aliphatic carbocycles. The van der Waals surface area contributed by atoms with Crippen LogP contribution < -0.4 is 10.6 Å². The molecule has 3 N–H and O–H groups in total. The largest absolute Gasteiger partial charge is 0.465 e. The predicted molar refractivity (Wildman–Crippen MR) is 120 cm³/mol. The summed E-state index contributed by atoms with van der Waals surface area (Å²) in [7, 11) is 0. The van der Waals surface area contributed by atoms with Crippen LogP contribution in [-0.2, 0) is 11.2 Å². The summed E-state index contributed by atoms with van der Waals surface area (Å²) in [5, 5.41) is 9.89. The number of carbonyl (C=O) groups excluding carboxylic acids is 1. The van der Waals surface area contributed by atoms with Gasteiger partial charge in [0.25, 0.3) is 0 Å². The molecule has 0 saturated carbocycles. The summed E-state index contributed by atoms with van der Waals surface area (Å²) in [5.41, 5.74) is 10.6. The number of nitrogens with two attached hydrogens (primary N) is 1. The van der Waals surface area contributed by atoms with Crippen LogP contribution in [0.5, 0.6) is 0 Å². The third-order valence-electron chi connectivity index (χ3n) is 5.82. The Labute approximate surface area is 178 Å². The van der Waals surface area contributed by atoms with E-state index in [2.05, 4.69) is 24.3 Å². The molecule has 2 aromatic carbocycles. The van der Waals surface area contributed by atoms with Crippen LogP contribution in [0, 0.1) is 0 Å². The quantitative estimate of drug-likeness (QED) is 0.765. The molecular weight excluding hydrogens is 378 g/mol. The lowest BCUT2D eigenvalue weighted by molar-refractivity contribution is -0.117. The molecule has 3 rings (SSSR count). The van der Waals surface area contributed by atoms with E-state index >= 15 is 0 Å². The molecule has 0 aromatic heterocycles. The van der Waals surface area contributed by atoms with Gasteiger partial charge in [-0.2, -0.15) is 0 Å². The van der Waals surface area contributed by atoms with Crippen molar-refractivity contribution in [1.29, 1.82) is 0 Å². The number of hydrogen-bond donors (Lipinski definition) is 2. The van der Waals surface area contributed by atoms with E-state index in [1.165, 1.54) is 10.5 Å². The molecule has 0 unspecified atom stereocenters. The third kappa shape index (κ3) is 4.19. The second kappa shape index (κ2) is 8.88. The molecule has 0 saturated heterocycles. The fraction of sp³-hybridized carbons (Fsp3) is 0.417. The summed E-state index contributed by atoms with van der Waals surface area (Å²) < 4.78 is 0. The van der Waals surface area contributed by atoms with E-state index in [4.69, 9.17) is 5.73 Å². The summed E-state index contributed by atoms with van der Waals surface area (Å²) in [6.07, 6.45) is 0.455. The predicted octanol–water partition coefficient (Wildman–Crippen LogP) is 4.43. The summed E-state index contributed by atoms with van der Waals surface area (Å²) >= 11 is 0. The van der Waals surface area contributed by atoms with Gasteiger partial charge in [0.2, 0.25) is 5.91 Å². The number of carboxylic acid groups (broad SMARTS) is 1. The fourth-order valence-corrected chi connectivity index (χ4v) is 4.50. The van der Waals surface area contributed by atoms with Crippen molar-refractivity contribution >= 4 is 17.7 Å². The maximum Gasteiger partial charge on any atom is 0.408 e. The van der Waals surface area contributed by atoms with Crippen molar-refractivity contribution in [2.24, 2.45) is 5.73 Å². The van der Waals surface area contributed by atoms with E-state index in [-0.39, 0.29) is 24.0 Å². The highest BCUT2D eigenvalue weighted by molar-refractivity contribution is 5.94.